The molecule has 0 N–H and O–H groups in total. The van der Waals surface area contributed by atoms with Crippen molar-refractivity contribution in [3.8, 4) is 11.5 Å². The van der Waals surface area contributed by atoms with Gasteiger partial charge in [0.15, 0.2) is 0 Å². The van der Waals surface area contributed by atoms with Gasteiger partial charge in [-0.15, -0.1) is 0 Å². The fourth-order valence-electron chi connectivity index (χ4n) is 14.9. The summed E-state index contributed by atoms with van der Waals surface area (Å²) in [5, 5.41) is 0. The fourth-order valence-corrected chi connectivity index (χ4v) is 14.9. The molecule has 0 spiro atoms. The van der Waals surface area contributed by atoms with E-state index in [9.17, 15) is 0 Å². The second kappa shape index (κ2) is 22.4. The average molecular weight is 1190 g/mol. The van der Waals surface area contributed by atoms with E-state index in [0.717, 1.165) is 125 Å². The van der Waals surface area contributed by atoms with Crippen LogP contribution in [0.3, 0.4) is 0 Å². The fraction of sp³-hybridized carbons (Fsp3) is 0. The lowest BCUT2D eigenvalue weighted by atomic mass is 9.30. The Bertz CT molecular complexity index is 4980. The molecule has 14 aromatic rings. The van der Waals surface area contributed by atoms with E-state index < -0.39 is 0 Å². The van der Waals surface area contributed by atoms with Crippen molar-refractivity contribution in [2.45, 2.75) is 0 Å². The monoisotopic (exact) mass is 1190 g/mol. The molecule has 93 heavy (non-hydrogen) atoms. The molecule has 4 heterocycles. The molecule has 0 atom stereocenters. The van der Waals surface area contributed by atoms with Gasteiger partial charge < -0.3 is 34.1 Å². The molecule has 0 unspecified atom stereocenters. The first-order chi connectivity index (χ1) is 46.2. The third kappa shape index (κ3) is 8.99. The molecule has 0 aliphatic carbocycles. The highest BCUT2D eigenvalue weighted by molar-refractivity contribution is 7.02. The van der Waals surface area contributed by atoms with Crippen molar-refractivity contribution in [1.82, 2.24) is 0 Å². The zero-order valence-corrected chi connectivity index (χ0v) is 50.7. The summed E-state index contributed by atoms with van der Waals surface area (Å²) in [5.74, 6) is 1.61. The van der Waals surface area contributed by atoms with Gasteiger partial charge in [-0.2, -0.15) is 0 Å². The summed E-state index contributed by atoms with van der Waals surface area (Å²) in [6.07, 6.45) is 0. The van der Waals surface area contributed by atoms with Crippen LogP contribution in [0.5, 0.6) is 11.5 Å². The second-order valence-electron chi connectivity index (χ2n) is 24.0. The number of nitrogens with zero attached hydrogens (tertiary/aromatic N) is 6. The molecular weight excluding hydrogens is 1130 g/mol. The third-order valence-electron chi connectivity index (χ3n) is 18.7. The highest BCUT2D eigenvalue weighted by Gasteiger charge is 2.48. The van der Waals surface area contributed by atoms with E-state index in [1.54, 1.807) is 0 Å². The molecule has 0 amide bonds. The first kappa shape index (κ1) is 53.8. The SMILES string of the molecule is c1ccc(N(c2ccccc2)c2ccc3c(c2)Oc2cc(N(c4ccccc4)c4ccccc4)cc4c2B3c2cc3c(cc2N4c2ccccc2)N(c2ccccc2)c2cc(N(c4ccccc4)c4ccccc4)cc4c2B3c2ccccc2N4c2ccccc2)cc1. The van der Waals surface area contributed by atoms with E-state index in [-0.39, 0.29) is 13.4 Å². The Labute approximate surface area is 542 Å². The van der Waals surface area contributed by atoms with Gasteiger partial charge in [-0.1, -0.05) is 194 Å². The van der Waals surface area contributed by atoms with E-state index in [1.165, 1.54) is 21.9 Å². The molecule has 436 valence electrons. The normalized spacial score (nSPS) is 12.7. The van der Waals surface area contributed by atoms with Crippen LogP contribution in [-0.4, -0.2) is 13.4 Å². The van der Waals surface area contributed by atoms with Crippen LogP contribution in [0.2, 0.25) is 0 Å². The number of rotatable bonds is 12. The van der Waals surface area contributed by atoms with Crippen molar-refractivity contribution >= 4 is 149 Å². The van der Waals surface area contributed by atoms with Crippen LogP contribution in [-0.2, 0) is 0 Å². The molecule has 0 radical (unpaired) electrons. The second-order valence-corrected chi connectivity index (χ2v) is 24.0. The zero-order chi connectivity index (χ0) is 61.3. The van der Waals surface area contributed by atoms with Crippen LogP contribution < -0.4 is 66.9 Å². The number of benzene rings is 14. The topological polar surface area (TPSA) is 28.7 Å². The Morgan fingerprint density at radius 1 is 0.204 bits per heavy atom. The predicted molar refractivity (Wildman–Crippen MR) is 390 cm³/mol. The molecule has 0 saturated heterocycles. The standard InChI is InChI=1S/C84H58B2N6O/c1-10-30-59(31-11-1)87(60-32-12-2-13-33-60)68-50-51-72-81(55-68)93-82-56-70(89(63-38-18-5-19-39-63)64-40-20-6-21-41-64)54-80-84(82)86(72)74-57-73-76(58-77(74)92(80)67-46-26-9-27-47-67)91(66-44-24-8-25-45-66)79-53-69(88(61-34-14-3-15-35-61)62-36-16-4-17-37-62)52-78-83(79)85(73)71-48-28-29-49-75(71)90(78)65-42-22-7-23-43-65/h1-58H. The van der Waals surface area contributed by atoms with Gasteiger partial charge in [0.05, 0.1) is 11.4 Å². The lowest BCUT2D eigenvalue weighted by Crippen LogP contribution is -2.64. The number of hydrogen-bond donors (Lipinski definition) is 0. The summed E-state index contributed by atoms with van der Waals surface area (Å²) < 4.78 is 7.65. The zero-order valence-electron chi connectivity index (χ0n) is 50.7. The minimum atomic E-state index is -0.260. The predicted octanol–water partition coefficient (Wildman–Crippen LogP) is 18.6. The maximum Gasteiger partial charge on any atom is 0.256 e. The maximum absolute atomic E-state index is 7.65. The van der Waals surface area contributed by atoms with Gasteiger partial charge in [-0.05, 0) is 178 Å². The largest absolute Gasteiger partial charge is 0.458 e. The van der Waals surface area contributed by atoms with Gasteiger partial charge in [0.2, 0.25) is 0 Å². The Hall–Kier alpha value is -12.2. The van der Waals surface area contributed by atoms with Crippen LogP contribution in [0.4, 0.5) is 102 Å². The summed E-state index contributed by atoms with van der Waals surface area (Å²) in [4.78, 5) is 14.7. The van der Waals surface area contributed by atoms with Crippen LogP contribution in [0.15, 0.2) is 352 Å². The van der Waals surface area contributed by atoms with Crippen molar-refractivity contribution in [3.05, 3.63) is 352 Å². The molecule has 18 rings (SSSR count). The number of hydrogen-bond acceptors (Lipinski definition) is 7. The van der Waals surface area contributed by atoms with E-state index in [0.29, 0.717) is 0 Å². The number of ether oxygens (including phenoxy) is 1. The Kier molecular flexibility index (Phi) is 13.0. The minimum Gasteiger partial charge on any atom is -0.458 e. The Balaban J connectivity index is 0.942. The highest BCUT2D eigenvalue weighted by atomic mass is 16.5. The van der Waals surface area contributed by atoms with Gasteiger partial charge in [-0.3, -0.25) is 0 Å². The first-order valence-electron chi connectivity index (χ1n) is 31.9. The van der Waals surface area contributed by atoms with Gasteiger partial charge in [0, 0.05) is 103 Å². The Morgan fingerprint density at radius 3 is 0.946 bits per heavy atom. The molecule has 4 aliphatic rings. The molecular formula is C84H58B2N6O. The molecule has 0 saturated carbocycles. The van der Waals surface area contributed by atoms with E-state index in [2.05, 4.69) is 381 Å². The molecule has 14 aromatic carbocycles. The number of fused-ring (bicyclic) bond motifs is 8. The average Bonchev–Trinajstić information content (AvgIpc) is 0.690. The van der Waals surface area contributed by atoms with E-state index >= 15 is 0 Å². The number of anilines is 18. The van der Waals surface area contributed by atoms with Gasteiger partial charge in [0.25, 0.3) is 13.4 Å². The lowest BCUT2D eigenvalue weighted by molar-refractivity contribution is 0.488. The van der Waals surface area contributed by atoms with Crippen molar-refractivity contribution in [3.63, 3.8) is 0 Å². The van der Waals surface area contributed by atoms with Crippen molar-refractivity contribution in [2.24, 2.45) is 0 Å². The quantitative estimate of drug-likeness (QED) is 0.113. The number of para-hydroxylation sites is 10. The van der Waals surface area contributed by atoms with Gasteiger partial charge in [-0.25, -0.2) is 0 Å². The molecule has 9 heteroatoms. The minimum absolute atomic E-state index is 0.187. The summed E-state index contributed by atoms with van der Waals surface area (Å²) in [5.41, 5.74) is 26.2. The van der Waals surface area contributed by atoms with Crippen molar-refractivity contribution in [2.75, 3.05) is 29.4 Å². The van der Waals surface area contributed by atoms with Gasteiger partial charge in [0.1, 0.15) is 11.5 Å². The van der Waals surface area contributed by atoms with E-state index in [4.69, 9.17) is 4.74 Å². The smallest absolute Gasteiger partial charge is 0.256 e. The molecule has 7 nitrogen and oxygen atoms in total. The lowest BCUT2D eigenvalue weighted by Gasteiger charge is -2.46. The van der Waals surface area contributed by atoms with Crippen LogP contribution in [0.1, 0.15) is 0 Å². The van der Waals surface area contributed by atoms with Crippen molar-refractivity contribution < 1.29 is 4.74 Å². The molecule has 4 aliphatic heterocycles. The van der Waals surface area contributed by atoms with Crippen molar-refractivity contribution in [1.29, 1.82) is 0 Å². The van der Waals surface area contributed by atoms with Crippen LogP contribution >= 0.6 is 0 Å². The van der Waals surface area contributed by atoms with Gasteiger partial charge >= 0.3 is 0 Å². The Morgan fingerprint density at radius 2 is 0.527 bits per heavy atom. The summed E-state index contributed by atoms with van der Waals surface area (Å²) >= 11 is 0. The summed E-state index contributed by atoms with van der Waals surface area (Å²) in [6.45, 7) is -0.447. The first-order valence-corrected chi connectivity index (χ1v) is 31.9. The molecule has 0 bridgehead atoms. The van der Waals surface area contributed by atoms with E-state index in [1.807, 2.05) is 0 Å². The highest BCUT2D eigenvalue weighted by Crippen LogP contribution is 2.52. The van der Waals surface area contributed by atoms with Crippen LogP contribution in [0.25, 0.3) is 0 Å². The third-order valence-corrected chi connectivity index (χ3v) is 18.7. The molecule has 0 fully saturated rings. The summed E-state index contributed by atoms with van der Waals surface area (Å²) in [7, 11) is 0. The maximum atomic E-state index is 7.65. The summed E-state index contributed by atoms with van der Waals surface area (Å²) in [6, 6.07) is 128. The molecule has 0 aromatic heterocycles. The van der Waals surface area contributed by atoms with Crippen LogP contribution in [0, 0.1) is 0 Å².